The Morgan fingerprint density at radius 2 is 2.18 bits per heavy atom. The molecule has 0 atom stereocenters. The molecule has 0 heterocycles. The van der Waals surface area contributed by atoms with E-state index in [0.29, 0.717) is 11.6 Å². The third-order valence-electron chi connectivity index (χ3n) is 2.29. The van der Waals surface area contributed by atoms with Gasteiger partial charge in [-0.1, -0.05) is 19.9 Å². The number of benzene rings is 1. The van der Waals surface area contributed by atoms with Gasteiger partial charge in [-0.2, -0.15) is 0 Å². The molecule has 0 aromatic heterocycles. The molecule has 3 nitrogen and oxygen atoms in total. The van der Waals surface area contributed by atoms with Gasteiger partial charge in [-0.15, -0.1) is 0 Å². The topological polar surface area (TPSA) is 41.1 Å². The molecule has 0 aliphatic rings. The summed E-state index contributed by atoms with van der Waals surface area (Å²) in [6.45, 7) is 5.33. The number of carbonyl (C=O) groups is 1. The van der Waals surface area contributed by atoms with Crippen LogP contribution in [0.25, 0.3) is 0 Å². The van der Waals surface area contributed by atoms with E-state index in [1.54, 1.807) is 12.1 Å². The quantitative estimate of drug-likeness (QED) is 0.747. The third-order valence-corrected chi connectivity index (χ3v) is 2.29. The first-order valence-corrected chi connectivity index (χ1v) is 5.84. The Bertz CT molecular complexity index is 366. The van der Waals surface area contributed by atoms with E-state index >= 15 is 0 Å². The SMILES string of the molecule is CC(C)CCNCC(=O)Nc1cccc(F)c1. The molecule has 0 spiro atoms. The number of hydrogen-bond acceptors (Lipinski definition) is 2. The second-order valence-corrected chi connectivity index (χ2v) is 4.42. The van der Waals surface area contributed by atoms with Crippen molar-refractivity contribution in [2.75, 3.05) is 18.4 Å². The predicted molar refractivity (Wildman–Crippen MR) is 67.4 cm³/mol. The summed E-state index contributed by atoms with van der Waals surface area (Å²) in [6, 6.07) is 5.87. The summed E-state index contributed by atoms with van der Waals surface area (Å²) in [5.74, 6) is 0.115. The Balaban J connectivity index is 2.25. The monoisotopic (exact) mass is 238 g/mol. The van der Waals surface area contributed by atoms with Gasteiger partial charge >= 0.3 is 0 Å². The molecule has 0 bridgehead atoms. The lowest BCUT2D eigenvalue weighted by atomic mass is 10.1. The van der Waals surface area contributed by atoms with E-state index in [1.807, 2.05) is 0 Å². The molecular formula is C13H19FN2O. The Hall–Kier alpha value is -1.42. The molecule has 94 valence electrons. The summed E-state index contributed by atoms with van der Waals surface area (Å²) in [6.07, 6.45) is 1.03. The van der Waals surface area contributed by atoms with Gasteiger partial charge in [-0.25, -0.2) is 4.39 Å². The zero-order valence-electron chi connectivity index (χ0n) is 10.3. The standard InChI is InChI=1S/C13H19FN2O/c1-10(2)6-7-15-9-13(17)16-12-5-3-4-11(14)8-12/h3-5,8,10,15H,6-7,9H2,1-2H3,(H,16,17). The largest absolute Gasteiger partial charge is 0.325 e. The van der Waals surface area contributed by atoms with E-state index in [0.717, 1.165) is 13.0 Å². The van der Waals surface area contributed by atoms with E-state index in [-0.39, 0.29) is 18.3 Å². The highest BCUT2D eigenvalue weighted by Gasteiger charge is 2.02. The Morgan fingerprint density at radius 1 is 1.41 bits per heavy atom. The first-order valence-electron chi connectivity index (χ1n) is 5.84. The molecule has 0 fully saturated rings. The summed E-state index contributed by atoms with van der Waals surface area (Å²) in [7, 11) is 0. The van der Waals surface area contributed by atoms with E-state index in [2.05, 4.69) is 24.5 Å². The molecular weight excluding hydrogens is 219 g/mol. The van der Waals surface area contributed by atoms with Gasteiger partial charge in [0.2, 0.25) is 5.91 Å². The lowest BCUT2D eigenvalue weighted by molar-refractivity contribution is -0.115. The predicted octanol–water partition coefficient (Wildman–Crippen LogP) is 2.40. The highest BCUT2D eigenvalue weighted by Crippen LogP contribution is 2.08. The summed E-state index contributed by atoms with van der Waals surface area (Å²) >= 11 is 0. The lowest BCUT2D eigenvalue weighted by Gasteiger charge is -2.08. The van der Waals surface area contributed by atoms with Crippen LogP contribution in [0.15, 0.2) is 24.3 Å². The first kappa shape index (κ1) is 13.6. The van der Waals surface area contributed by atoms with Crippen LogP contribution in [0.1, 0.15) is 20.3 Å². The van der Waals surface area contributed by atoms with Gasteiger partial charge in [0.15, 0.2) is 0 Å². The van der Waals surface area contributed by atoms with Crippen molar-refractivity contribution in [3.05, 3.63) is 30.1 Å². The molecule has 2 N–H and O–H groups in total. The average molecular weight is 238 g/mol. The number of hydrogen-bond donors (Lipinski definition) is 2. The third kappa shape index (κ3) is 6.02. The molecule has 1 amide bonds. The van der Waals surface area contributed by atoms with Gasteiger partial charge in [0, 0.05) is 5.69 Å². The van der Waals surface area contributed by atoms with Crippen LogP contribution < -0.4 is 10.6 Å². The maximum Gasteiger partial charge on any atom is 0.238 e. The van der Waals surface area contributed by atoms with Crippen molar-refractivity contribution in [3.8, 4) is 0 Å². The molecule has 4 heteroatoms. The average Bonchev–Trinajstić information content (AvgIpc) is 2.24. The Morgan fingerprint density at radius 3 is 2.82 bits per heavy atom. The number of nitrogens with one attached hydrogen (secondary N) is 2. The number of halogens is 1. The fourth-order valence-electron chi connectivity index (χ4n) is 1.36. The van der Waals surface area contributed by atoms with Crippen LogP contribution >= 0.6 is 0 Å². The summed E-state index contributed by atoms with van der Waals surface area (Å²) < 4.78 is 12.8. The highest BCUT2D eigenvalue weighted by atomic mass is 19.1. The number of carbonyl (C=O) groups excluding carboxylic acids is 1. The molecule has 1 aromatic rings. The normalized spacial score (nSPS) is 10.6. The van der Waals surface area contributed by atoms with Crippen molar-refractivity contribution in [1.29, 1.82) is 0 Å². The molecule has 0 unspecified atom stereocenters. The van der Waals surface area contributed by atoms with Crippen molar-refractivity contribution in [1.82, 2.24) is 5.32 Å². The van der Waals surface area contributed by atoms with Gasteiger partial charge in [0.05, 0.1) is 6.54 Å². The van der Waals surface area contributed by atoms with Crippen molar-refractivity contribution in [2.24, 2.45) is 5.92 Å². The maximum atomic E-state index is 12.8. The first-order chi connectivity index (χ1) is 8.08. The molecule has 17 heavy (non-hydrogen) atoms. The van der Waals surface area contributed by atoms with Crippen LogP contribution in [-0.4, -0.2) is 19.0 Å². The smallest absolute Gasteiger partial charge is 0.238 e. The molecule has 1 aromatic carbocycles. The van der Waals surface area contributed by atoms with E-state index in [1.165, 1.54) is 12.1 Å². The van der Waals surface area contributed by atoms with Crippen LogP contribution in [0.5, 0.6) is 0 Å². The van der Waals surface area contributed by atoms with Crippen molar-refractivity contribution >= 4 is 11.6 Å². The van der Waals surface area contributed by atoms with Crippen LogP contribution in [0, 0.1) is 11.7 Å². The summed E-state index contributed by atoms with van der Waals surface area (Å²) in [5.41, 5.74) is 0.487. The summed E-state index contributed by atoms with van der Waals surface area (Å²) in [4.78, 5) is 11.5. The lowest BCUT2D eigenvalue weighted by Crippen LogP contribution is -2.29. The van der Waals surface area contributed by atoms with Crippen LogP contribution in [0.4, 0.5) is 10.1 Å². The van der Waals surface area contributed by atoms with Gasteiger partial charge in [-0.05, 0) is 37.1 Å². The number of anilines is 1. The van der Waals surface area contributed by atoms with Gasteiger partial charge in [0.1, 0.15) is 5.82 Å². The van der Waals surface area contributed by atoms with Crippen LogP contribution in [0.2, 0.25) is 0 Å². The van der Waals surface area contributed by atoms with Crippen LogP contribution in [0.3, 0.4) is 0 Å². The fourth-order valence-corrected chi connectivity index (χ4v) is 1.36. The second-order valence-electron chi connectivity index (χ2n) is 4.42. The minimum Gasteiger partial charge on any atom is -0.325 e. The zero-order chi connectivity index (χ0) is 12.7. The van der Waals surface area contributed by atoms with Gasteiger partial charge < -0.3 is 10.6 Å². The van der Waals surface area contributed by atoms with Crippen LogP contribution in [-0.2, 0) is 4.79 Å². The minimum absolute atomic E-state index is 0.153. The van der Waals surface area contributed by atoms with E-state index < -0.39 is 0 Å². The number of rotatable bonds is 6. The Labute approximate surface area is 101 Å². The highest BCUT2D eigenvalue weighted by molar-refractivity contribution is 5.92. The summed E-state index contributed by atoms with van der Waals surface area (Å²) in [5, 5.41) is 5.68. The van der Waals surface area contributed by atoms with E-state index in [9.17, 15) is 9.18 Å². The fraction of sp³-hybridized carbons (Fsp3) is 0.462. The second kappa shape index (κ2) is 7.01. The van der Waals surface area contributed by atoms with Crippen molar-refractivity contribution in [3.63, 3.8) is 0 Å². The number of amides is 1. The molecule has 0 aliphatic carbocycles. The van der Waals surface area contributed by atoms with Crippen molar-refractivity contribution in [2.45, 2.75) is 20.3 Å². The van der Waals surface area contributed by atoms with Gasteiger partial charge in [-0.3, -0.25) is 4.79 Å². The molecule has 0 radical (unpaired) electrons. The maximum absolute atomic E-state index is 12.8. The van der Waals surface area contributed by atoms with Gasteiger partial charge in [0.25, 0.3) is 0 Å². The minimum atomic E-state index is -0.351. The Kier molecular flexibility index (Phi) is 5.63. The zero-order valence-corrected chi connectivity index (χ0v) is 10.3. The van der Waals surface area contributed by atoms with Crippen molar-refractivity contribution < 1.29 is 9.18 Å². The molecule has 0 saturated heterocycles. The molecule has 0 saturated carbocycles. The molecule has 0 aliphatic heterocycles. The molecule has 1 rings (SSSR count). The van der Waals surface area contributed by atoms with E-state index in [4.69, 9.17) is 0 Å².